The first-order valence-electron chi connectivity index (χ1n) is 12.4. The lowest BCUT2D eigenvalue weighted by Crippen LogP contribution is -2.43. The Labute approximate surface area is 209 Å². The van der Waals surface area contributed by atoms with Crippen molar-refractivity contribution in [1.82, 2.24) is 10.2 Å². The summed E-state index contributed by atoms with van der Waals surface area (Å²) >= 11 is 0. The van der Waals surface area contributed by atoms with E-state index in [2.05, 4.69) is 39.4 Å². The summed E-state index contributed by atoms with van der Waals surface area (Å²) in [6.07, 6.45) is 0. The third-order valence-corrected chi connectivity index (χ3v) is 5.91. The Balaban J connectivity index is 1.83. The number of benzene rings is 2. The summed E-state index contributed by atoms with van der Waals surface area (Å²) in [4.78, 5) is 17.7. The fraction of sp³-hybridized carbons (Fsp3) is 0.519. The Kier molecular flexibility index (Phi) is 10.0. The van der Waals surface area contributed by atoms with Gasteiger partial charge in [-0.15, -0.1) is 0 Å². The largest absolute Gasteiger partial charge is 0.490 e. The second kappa shape index (κ2) is 13.2. The van der Waals surface area contributed by atoms with E-state index in [0.29, 0.717) is 62.4 Å². The highest BCUT2D eigenvalue weighted by Crippen LogP contribution is 2.39. The van der Waals surface area contributed by atoms with E-state index >= 15 is 0 Å². The maximum atomic E-state index is 13.3. The van der Waals surface area contributed by atoms with E-state index in [1.54, 1.807) is 12.1 Å². The van der Waals surface area contributed by atoms with Crippen molar-refractivity contribution in [2.45, 2.75) is 26.8 Å². The van der Waals surface area contributed by atoms with Gasteiger partial charge in [-0.2, -0.15) is 0 Å². The van der Waals surface area contributed by atoms with Gasteiger partial charge in [0, 0.05) is 45.0 Å². The predicted octanol–water partition coefficient (Wildman–Crippen LogP) is 3.75. The smallest absolute Gasteiger partial charge is 0.251 e. The molecule has 1 atom stereocenters. The van der Waals surface area contributed by atoms with Gasteiger partial charge in [0.1, 0.15) is 0 Å². The lowest BCUT2D eigenvalue weighted by molar-refractivity contribution is 0.0162. The van der Waals surface area contributed by atoms with Crippen molar-refractivity contribution >= 4 is 11.6 Å². The average molecular weight is 486 g/mol. The Bertz CT molecular complexity index is 915. The van der Waals surface area contributed by atoms with Crippen molar-refractivity contribution in [2.75, 3.05) is 71.7 Å². The molecule has 1 aliphatic rings. The number of nitrogens with one attached hydrogen (secondary N) is 1. The fourth-order valence-electron chi connectivity index (χ4n) is 4.15. The van der Waals surface area contributed by atoms with Crippen LogP contribution >= 0.6 is 0 Å². The van der Waals surface area contributed by atoms with Crippen molar-refractivity contribution in [1.29, 1.82) is 0 Å². The zero-order chi connectivity index (χ0) is 25.2. The van der Waals surface area contributed by atoms with Gasteiger partial charge < -0.3 is 29.2 Å². The minimum atomic E-state index is -0.182. The molecule has 0 saturated carbocycles. The number of rotatable bonds is 12. The normalized spacial score (nSPS) is 14.8. The maximum absolute atomic E-state index is 13.3. The van der Waals surface area contributed by atoms with Crippen LogP contribution in [-0.2, 0) is 4.74 Å². The number of morpholine rings is 1. The molecule has 1 aliphatic heterocycles. The molecule has 0 aromatic heterocycles. The number of ether oxygens (including phenoxy) is 4. The van der Waals surface area contributed by atoms with Crippen molar-refractivity contribution in [3.05, 3.63) is 47.5 Å². The first-order valence-corrected chi connectivity index (χ1v) is 12.4. The second-order valence-corrected chi connectivity index (χ2v) is 8.46. The first-order chi connectivity index (χ1) is 17.0. The molecule has 3 rings (SSSR count). The van der Waals surface area contributed by atoms with Gasteiger partial charge in [-0.25, -0.2) is 0 Å². The summed E-state index contributed by atoms with van der Waals surface area (Å²) in [5.74, 6) is 1.36. The van der Waals surface area contributed by atoms with Crippen molar-refractivity contribution < 1.29 is 23.7 Å². The molecule has 1 saturated heterocycles. The van der Waals surface area contributed by atoms with Crippen LogP contribution in [0.15, 0.2) is 36.4 Å². The number of carbonyl (C=O) groups is 1. The van der Waals surface area contributed by atoms with E-state index in [-0.39, 0.29) is 11.9 Å². The first kappa shape index (κ1) is 26.6. The van der Waals surface area contributed by atoms with Gasteiger partial charge in [0.25, 0.3) is 5.91 Å². The molecule has 8 nitrogen and oxygen atoms in total. The number of anilines is 1. The lowest BCUT2D eigenvalue weighted by atomic mass is 10.0. The van der Waals surface area contributed by atoms with Crippen molar-refractivity contribution in [2.24, 2.45) is 0 Å². The molecule has 1 fully saturated rings. The molecule has 1 amide bonds. The Hall–Kier alpha value is -2.97. The number of hydrogen-bond donors (Lipinski definition) is 1. The topological polar surface area (TPSA) is 72.5 Å². The molecule has 1 heterocycles. The van der Waals surface area contributed by atoms with E-state index in [4.69, 9.17) is 18.9 Å². The summed E-state index contributed by atoms with van der Waals surface area (Å²) in [6.45, 7) is 10.6. The van der Waals surface area contributed by atoms with E-state index in [9.17, 15) is 4.79 Å². The molecule has 8 heteroatoms. The van der Waals surface area contributed by atoms with Crippen LogP contribution in [-0.4, -0.2) is 77.6 Å². The van der Waals surface area contributed by atoms with E-state index in [1.807, 2.05) is 34.9 Å². The number of hydrogen-bond acceptors (Lipinski definition) is 7. The SMILES string of the molecule is CCOc1cc(C(=O)NC[C@@H](c2ccc(N(C)C)cc2)N2CCOCC2)cc(OCC)c1OCC. The molecule has 0 bridgehead atoms. The molecule has 0 aliphatic carbocycles. The summed E-state index contributed by atoms with van der Waals surface area (Å²) in [5.41, 5.74) is 2.78. The standard InChI is InChI=1S/C27H39N3O5/c1-6-33-24-17-21(18-25(34-7-2)26(24)35-8-3)27(31)28-19-23(30-13-15-32-16-14-30)20-9-11-22(12-10-20)29(4)5/h9-12,17-18,23H,6-8,13-16,19H2,1-5H3,(H,28,31)/t23-/m0/s1. The van der Waals surface area contributed by atoms with Gasteiger partial charge in [0.15, 0.2) is 11.5 Å². The van der Waals surface area contributed by atoms with Crippen LogP contribution in [0.5, 0.6) is 17.2 Å². The van der Waals surface area contributed by atoms with Crippen LogP contribution in [0.4, 0.5) is 5.69 Å². The molecule has 0 unspecified atom stereocenters. The van der Waals surface area contributed by atoms with E-state index in [0.717, 1.165) is 24.3 Å². The Morgan fingerprint density at radius 2 is 1.54 bits per heavy atom. The molecule has 2 aromatic rings. The Morgan fingerprint density at radius 1 is 0.971 bits per heavy atom. The molecular formula is C27H39N3O5. The molecule has 0 spiro atoms. The molecule has 2 aromatic carbocycles. The lowest BCUT2D eigenvalue weighted by Gasteiger charge is -2.35. The van der Waals surface area contributed by atoms with Crippen LogP contribution in [0.3, 0.4) is 0 Å². The second-order valence-electron chi connectivity index (χ2n) is 8.46. The molecule has 35 heavy (non-hydrogen) atoms. The molecule has 192 valence electrons. The van der Waals surface area contributed by atoms with Gasteiger partial charge in [-0.05, 0) is 50.6 Å². The van der Waals surface area contributed by atoms with Gasteiger partial charge in [-0.1, -0.05) is 12.1 Å². The minimum Gasteiger partial charge on any atom is -0.490 e. The number of amides is 1. The summed E-state index contributed by atoms with van der Waals surface area (Å²) < 4.78 is 22.9. The van der Waals surface area contributed by atoms with Crippen LogP contribution in [0.2, 0.25) is 0 Å². The highest BCUT2D eigenvalue weighted by Gasteiger charge is 2.24. The van der Waals surface area contributed by atoms with Crippen molar-refractivity contribution in [3.8, 4) is 17.2 Å². The van der Waals surface area contributed by atoms with Gasteiger partial charge in [0.2, 0.25) is 5.75 Å². The average Bonchev–Trinajstić information content (AvgIpc) is 2.87. The third kappa shape index (κ3) is 7.02. The third-order valence-electron chi connectivity index (χ3n) is 5.91. The number of carbonyl (C=O) groups excluding carboxylic acids is 1. The predicted molar refractivity (Wildman–Crippen MR) is 138 cm³/mol. The summed E-state index contributed by atoms with van der Waals surface area (Å²) in [6, 6.07) is 12.0. The van der Waals surface area contributed by atoms with Gasteiger partial charge >= 0.3 is 0 Å². The van der Waals surface area contributed by atoms with Crippen LogP contribution in [0.25, 0.3) is 0 Å². The van der Waals surface area contributed by atoms with E-state index in [1.165, 1.54) is 0 Å². The van der Waals surface area contributed by atoms with Crippen LogP contribution in [0.1, 0.15) is 42.7 Å². The highest BCUT2D eigenvalue weighted by atomic mass is 16.5. The van der Waals surface area contributed by atoms with E-state index < -0.39 is 0 Å². The maximum Gasteiger partial charge on any atom is 0.251 e. The molecule has 0 radical (unpaired) electrons. The molecule has 1 N–H and O–H groups in total. The van der Waals surface area contributed by atoms with Gasteiger partial charge in [-0.3, -0.25) is 9.69 Å². The van der Waals surface area contributed by atoms with Crippen LogP contribution < -0.4 is 24.4 Å². The fourth-order valence-corrected chi connectivity index (χ4v) is 4.15. The Morgan fingerprint density at radius 3 is 2.06 bits per heavy atom. The summed E-state index contributed by atoms with van der Waals surface area (Å²) in [7, 11) is 4.05. The minimum absolute atomic E-state index is 0.0412. The number of nitrogens with zero attached hydrogens (tertiary/aromatic N) is 2. The van der Waals surface area contributed by atoms with Crippen molar-refractivity contribution in [3.63, 3.8) is 0 Å². The molecular weight excluding hydrogens is 446 g/mol. The van der Waals surface area contributed by atoms with Crippen LogP contribution in [0, 0.1) is 0 Å². The highest BCUT2D eigenvalue weighted by molar-refractivity contribution is 5.95. The quantitative estimate of drug-likeness (QED) is 0.491. The van der Waals surface area contributed by atoms with Gasteiger partial charge in [0.05, 0.1) is 39.1 Å². The zero-order valence-electron chi connectivity index (χ0n) is 21.6. The summed E-state index contributed by atoms with van der Waals surface area (Å²) in [5, 5.41) is 3.14. The monoisotopic (exact) mass is 485 g/mol. The zero-order valence-corrected chi connectivity index (χ0v) is 21.6.